The standard InChI is InChI=1S/C14H16F6O4/c1-3-5-6-7-9(22)24-11-10(23-8(21)4-2)12(15,16)14(19,20)13(11,17)18/h4,10-11H,2-3,5-7H2,1H3/t10-,11+/m0/s1. The average Bonchev–Trinajstić information content (AvgIpc) is 2.57. The third kappa shape index (κ3) is 3.36. The number of hydrogen-bond donors (Lipinski definition) is 0. The third-order valence-corrected chi connectivity index (χ3v) is 3.48. The second-order valence-corrected chi connectivity index (χ2v) is 5.25. The Morgan fingerprint density at radius 1 is 1.00 bits per heavy atom. The van der Waals surface area contributed by atoms with Crippen molar-refractivity contribution in [1.82, 2.24) is 0 Å². The van der Waals surface area contributed by atoms with E-state index < -0.39 is 48.3 Å². The van der Waals surface area contributed by atoms with Gasteiger partial charge in [0.25, 0.3) is 0 Å². The van der Waals surface area contributed by atoms with E-state index in [1.54, 1.807) is 6.92 Å². The Balaban J connectivity index is 3.08. The highest BCUT2D eigenvalue weighted by Crippen LogP contribution is 2.58. The van der Waals surface area contributed by atoms with Crippen molar-refractivity contribution < 1.29 is 45.4 Å². The third-order valence-electron chi connectivity index (χ3n) is 3.48. The van der Waals surface area contributed by atoms with E-state index in [0.29, 0.717) is 18.9 Å². The topological polar surface area (TPSA) is 52.6 Å². The molecule has 4 nitrogen and oxygen atoms in total. The van der Waals surface area contributed by atoms with Crippen LogP contribution in [-0.2, 0) is 19.1 Å². The highest BCUT2D eigenvalue weighted by Gasteiger charge is 2.88. The Morgan fingerprint density at radius 2 is 1.50 bits per heavy atom. The molecule has 1 aliphatic rings. The minimum absolute atomic E-state index is 0.206. The van der Waals surface area contributed by atoms with Crippen molar-refractivity contribution in [3.8, 4) is 0 Å². The van der Waals surface area contributed by atoms with Gasteiger partial charge in [-0.3, -0.25) is 4.79 Å². The molecule has 1 rings (SSSR count). The Kier molecular flexibility index (Phi) is 5.94. The number of ether oxygens (including phenoxy) is 2. The Morgan fingerprint density at radius 3 is 1.96 bits per heavy atom. The number of carbonyl (C=O) groups is 2. The first-order chi connectivity index (χ1) is 10.9. The molecule has 2 atom stereocenters. The molecule has 0 aromatic carbocycles. The number of rotatable bonds is 7. The van der Waals surface area contributed by atoms with Gasteiger partial charge in [-0.1, -0.05) is 26.3 Å². The smallest absolute Gasteiger partial charge is 0.379 e. The van der Waals surface area contributed by atoms with Crippen LogP contribution < -0.4 is 0 Å². The molecule has 24 heavy (non-hydrogen) atoms. The predicted octanol–water partition coefficient (Wildman–Crippen LogP) is 3.50. The fourth-order valence-corrected chi connectivity index (χ4v) is 2.12. The van der Waals surface area contributed by atoms with Gasteiger partial charge < -0.3 is 9.47 Å². The zero-order valence-electron chi connectivity index (χ0n) is 12.7. The number of esters is 2. The lowest BCUT2D eigenvalue weighted by atomic mass is 10.2. The molecule has 1 fully saturated rings. The highest BCUT2D eigenvalue weighted by atomic mass is 19.3. The molecule has 0 N–H and O–H groups in total. The van der Waals surface area contributed by atoms with E-state index in [2.05, 4.69) is 16.1 Å². The van der Waals surface area contributed by atoms with Gasteiger partial charge in [-0.2, -0.15) is 26.3 Å². The molecule has 1 saturated carbocycles. The molecule has 0 heterocycles. The lowest BCUT2D eigenvalue weighted by molar-refractivity contribution is -0.287. The summed E-state index contributed by atoms with van der Waals surface area (Å²) in [4.78, 5) is 22.5. The van der Waals surface area contributed by atoms with E-state index in [4.69, 9.17) is 0 Å². The predicted molar refractivity (Wildman–Crippen MR) is 68.9 cm³/mol. The average molecular weight is 362 g/mol. The van der Waals surface area contributed by atoms with E-state index in [9.17, 15) is 35.9 Å². The van der Waals surface area contributed by atoms with Crippen LogP contribution >= 0.6 is 0 Å². The van der Waals surface area contributed by atoms with Crippen molar-refractivity contribution in [2.24, 2.45) is 0 Å². The fourth-order valence-electron chi connectivity index (χ4n) is 2.12. The number of unbranched alkanes of at least 4 members (excludes halogenated alkanes) is 2. The summed E-state index contributed by atoms with van der Waals surface area (Å²) < 4.78 is 89.6. The van der Waals surface area contributed by atoms with Crippen LogP contribution in [0.3, 0.4) is 0 Å². The van der Waals surface area contributed by atoms with Gasteiger partial charge in [-0.05, 0) is 6.42 Å². The quantitative estimate of drug-likeness (QED) is 0.301. The van der Waals surface area contributed by atoms with Gasteiger partial charge >= 0.3 is 29.7 Å². The van der Waals surface area contributed by atoms with Crippen molar-refractivity contribution in [2.75, 3.05) is 0 Å². The molecule has 138 valence electrons. The summed E-state index contributed by atoms with van der Waals surface area (Å²) in [6.07, 6.45) is -5.31. The van der Waals surface area contributed by atoms with Crippen molar-refractivity contribution in [3.63, 3.8) is 0 Å². The molecule has 10 heteroatoms. The van der Waals surface area contributed by atoms with Crippen LogP contribution in [0.4, 0.5) is 26.3 Å². The summed E-state index contributed by atoms with van der Waals surface area (Å²) in [6.45, 7) is 4.64. The minimum Gasteiger partial charge on any atom is -0.451 e. The summed E-state index contributed by atoms with van der Waals surface area (Å²) in [5.41, 5.74) is 0. The van der Waals surface area contributed by atoms with Gasteiger partial charge in [0.05, 0.1) is 0 Å². The van der Waals surface area contributed by atoms with Crippen LogP contribution in [0.2, 0.25) is 0 Å². The zero-order valence-corrected chi connectivity index (χ0v) is 12.7. The van der Waals surface area contributed by atoms with Gasteiger partial charge in [0, 0.05) is 12.5 Å². The Labute approximate surface area is 133 Å². The van der Waals surface area contributed by atoms with Crippen LogP contribution in [0.1, 0.15) is 32.6 Å². The Bertz CT molecular complexity index is 505. The molecule has 1 aliphatic carbocycles. The lowest BCUT2D eigenvalue weighted by Crippen LogP contribution is -2.50. The molecule has 0 unspecified atom stereocenters. The van der Waals surface area contributed by atoms with E-state index in [0.717, 1.165) is 0 Å². The Hall–Kier alpha value is -1.74. The van der Waals surface area contributed by atoms with E-state index in [1.165, 1.54) is 0 Å². The largest absolute Gasteiger partial charge is 0.451 e. The lowest BCUT2D eigenvalue weighted by Gasteiger charge is -2.23. The van der Waals surface area contributed by atoms with Gasteiger partial charge in [-0.25, -0.2) is 4.79 Å². The highest BCUT2D eigenvalue weighted by molar-refractivity contribution is 5.81. The molecule has 0 bridgehead atoms. The molecular formula is C14H16F6O4. The molecule has 0 spiro atoms. The van der Waals surface area contributed by atoms with E-state index in [1.807, 2.05) is 0 Å². The zero-order chi connectivity index (χ0) is 18.8. The molecule has 0 aromatic rings. The van der Waals surface area contributed by atoms with Crippen molar-refractivity contribution in [3.05, 3.63) is 12.7 Å². The van der Waals surface area contributed by atoms with Gasteiger partial charge in [-0.15, -0.1) is 0 Å². The van der Waals surface area contributed by atoms with Gasteiger partial charge in [0.1, 0.15) is 0 Å². The molecule has 0 aliphatic heterocycles. The van der Waals surface area contributed by atoms with E-state index in [-0.39, 0.29) is 6.42 Å². The van der Waals surface area contributed by atoms with Crippen LogP contribution in [0, 0.1) is 0 Å². The first-order valence-corrected chi connectivity index (χ1v) is 7.09. The number of alkyl halides is 6. The van der Waals surface area contributed by atoms with Crippen molar-refractivity contribution >= 4 is 11.9 Å². The maximum absolute atomic E-state index is 13.7. The summed E-state index contributed by atoms with van der Waals surface area (Å²) >= 11 is 0. The van der Waals surface area contributed by atoms with Crippen LogP contribution in [0.5, 0.6) is 0 Å². The van der Waals surface area contributed by atoms with Crippen molar-refractivity contribution in [2.45, 2.75) is 62.6 Å². The number of hydrogen-bond acceptors (Lipinski definition) is 4. The first-order valence-electron chi connectivity index (χ1n) is 7.09. The normalized spacial score (nSPS) is 26.6. The van der Waals surface area contributed by atoms with E-state index >= 15 is 0 Å². The second kappa shape index (κ2) is 7.02. The SMILES string of the molecule is C=CC(=O)O[C@H]1[C@@H](OC(=O)CCCCC)C(F)(F)C(F)(F)C1(F)F. The summed E-state index contributed by atoms with van der Waals surface area (Å²) in [7, 11) is 0. The molecule has 0 aromatic heterocycles. The summed E-state index contributed by atoms with van der Waals surface area (Å²) in [6, 6.07) is 0. The summed E-state index contributed by atoms with van der Waals surface area (Å²) in [5.74, 6) is -19.7. The van der Waals surface area contributed by atoms with Crippen LogP contribution in [0.15, 0.2) is 12.7 Å². The molecule has 0 saturated heterocycles. The van der Waals surface area contributed by atoms with Gasteiger partial charge in [0.2, 0.25) is 12.2 Å². The maximum Gasteiger partial charge on any atom is 0.379 e. The minimum atomic E-state index is -5.86. The molecule has 0 amide bonds. The number of carbonyl (C=O) groups excluding carboxylic acids is 2. The fraction of sp³-hybridized carbons (Fsp3) is 0.714. The maximum atomic E-state index is 13.7. The van der Waals surface area contributed by atoms with Crippen LogP contribution in [0.25, 0.3) is 0 Å². The summed E-state index contributed by atoms with van der Waals surface area (Å²) in [5, 5.41) is 0. The van der Waals surface area contributed by atoms with Crippen LogP contribution in [-0.4, -0.2) is 41.9 Å². The first kappa shape index (κ1) is 20.3. The second-order valence-electron chi connectivity index (χ2n) is 5.25. The molecule has 0 radical (unpaired) electrons. The number of halogens is 6. The van der Waals surface area contributed by atoms with Crippen molar-refractivity contribution in [1.29, 1.82) is 0 Å². The van der Waals surface area contributed by atoms with Gasteiger partial charge in [0.15, 0.2) is 0 Å². The monoisotopic (exact) mass is 362 g/mol. The molecular weight excluding hydrogens is 346 g/mol.